The van der Waals surface area contributed by atoms with Gasteiger partial charge in [0.2, 0.25) is 5.91 Å². The molecule has 170 valence electrons. The third-order valence-corrected chi connectivity index (χ3v) is 5.88. The first-order valence-corrected chi connectivity index (χ1v) is 11.1. The zero-order valence-corrected chi connectivity index (χ0v) is 18.7. The Morgan fingerprint density at radius 3 is 2.69 bits per heavy atom. The van der Waals surface area contributed by atoms with E-state index < -0.39 is 6.10 Å². The van der Waals surface area contributed by atoms with E-state index in [1.165, 1.54) is 0 Å². The number of aryl methyl sites for hydroxylation is 1. The zero-order chi connectivity index (χ0) is 22.5. The molecule has 2 aliphatic rings. The predicted octanol–water partition coefficient (Wildman–Crippen LogP) is 1.86. The number of carbonyl (C=O) groups is 2. The molecule has 1 aromatic carbocycles. The molecule has 2 aliphatic heterocycles. The standard InChI is InChI=1S/C24H30N4O4/c1-18-3-4-22-21(15-18)28(24(30)19(2)32-22)17-23(29)27(16-20-5-7-25-8-6-20)10-9-26-11-13-31-14-12-26/h3-8,15,19H,9-14,16-17H2,1-2H3/t19-/m1/s1. The van der Waals surface area contributed by atoms with Crippen LogP contribution in [0.3, 0.4) is 0 Å². The summed E-state index contributed by atoms with van der Waals surface area (Å²) < 4.78 is 11.2. The van der Waals surface area contributed by atoms with Gasteiger partial charge in [-0.3, -0.25) is 24.4 Å². The Hall–Kier alpha value is -2.97. The Kier molecular flexibility index (Phi) is 7.02. The fourth-order valence-electron chi connectivity index (χ4n) is 4.00. The van der Waals surface area contributed by atoms with Crippen molar-refractivity contribution in [3.05, 3.63) is 53.9 Å². The van der Waals surface area contributed by atoms with Gasteiger partial charge in [0, 0.05) is 45.1 Å². The molecule has 2 aromatic rings. The number of anilines is 1. The first-order valence-electron chi connectivity index (χ1n) is 11.1. The molecule has 0 bridgehead atoms. The van der Waals surface area contributed by atoms with Crippen LogP contribution in [0, 0.1) is 6.92 Å². The summed E-state index contributed by atoms with van der Waals surface area (Å²) in [4.78, 5) is 36.2. The Labute approximate surface area is 188 Å². The number of rotatable bonds is 7. The van der Waals surface area contributed by atoms with E-state index in [1.54, 1.807) is 24.2 Å². The molecule has 8 heteroatoms. The molecule has 3 heterocycles. The molecule has 8 nitrogen and oxygen atoms in total. The lowest BCUT2D eigenvalue weighted by Crippen LogP contribution is -2.50. The molecule has 1 atom stereocenters. The highest BCUT2D eigenvalue weighted by Crippen LogP contribution is 2.34. The minimum Gasteiger partial charge on any atom is -0.479 e. The first kappa shape index (κ1) is 22.2. The van der Waals surface area contributed by atoms with Gasteiger partial charge in [-0.25, -0.2) is 0 Å². The molecule has 0 spiro atoms. The van der Waals surface area contributed by atoms with Crippen LogP contribution in [0.25, 0.3) is 0 Å². The van der Waals surface area contributed by atoms with E-state index in [9.17, 15) is 9.59 Å². The zero-order valence-electron chi connectivity index (χ0n) is 18.7. The summed E-state index contributed by atoms with van der Waals surface area (Å²) in [6, 6.07) is 9.52. The minimum absolute atomic E-state index is 0.0167. The van der Waals surface area contributed by atoms with E-state index in [-0.39, 0.29) is 18.4 Å². The van der Waals surface area contributed by atoms with Gasteiger partial charge in [0.25, 0.3) is 5.91 Å². The topological polar surface area (TPSA) is 75.2 Å². The number of hydrogen-bond donors (Lipinski definition) is 0. The van der Waals surface area contributed by atoms with Crippen LogP contribution in [0.5, 0.6) is 5.75 Å². The van der Waals surface area contributed by atoms with Gasteiger partial charge < -0.3 is 14.4 Å². The molecular weight excluding hydrogens is 408 g/mol. The molecule has 0 unspecified atom stereocenters. The van der Waals surface area contributed by atoms with Crippen molar-refractivity contribution in [2.45, 2.75) is 26.5 Å². The SMILES string of the molecule is Cc1ccc2c(c1)N(CC(=O)N(CCN1CCOCC1)Cc1ccncc1)C(=O)[C@@H](C)O2. The average Bonchev–Trinajstić information content (AvgIpc) is 2.81. The van der Waals surface area contributed by atoms with E-state index in [1.807, 2.05) is 42.2 Å². The van der Waals surface area contributed by atoms with Gasteiger partial charge in [0.05, 0.1) is 18.9 Å². The van der Waals surface area contributed by atoms with Crippen LogP contribution >= 0.6 is 0 Å². The average molecular weight is 439 g/mol. The largest absolute Gasteiger partial charge is 0.479 e. The fraction of sp³-hybridized carbons (Fsp3) is 0.458. The summed E-state index contributed by atoms with van der Waals surface area (Å²) in [7, 11) is 0. The van der Waals surface area contributed by atoms with Gasteiger partial charge in [-0.1, -0.05) is 6.07 Å². The quantitative estimate of drug-likeness (QED) is 0.657. The van der Waals surface area contributed by atoms with Crippen LogP contribution in [0.4, 0.5) is 5.69 Å². The number of ether oxygens (including phenoxy) is 2. The molecular formula is C24H30N4O4. The van der Waals surface area contributed by atoms with E-state index in [0.717, 1.165) is 30.8 Å². The Morgan fingerprint density at radius 1 is 1.19 bits per heavy atom. The van der Waals surface area contributed by atoms with Gasteiger partial charge in [-0.2, -0.15) is 0 Å². The van der Waals surface area contributed by atoms with Crippen LogP contribution in [-0.4, -0.2) is 78.6 Å². The van der Waals surface area contributed by atoms with Crippen molar-refractivity contribution < 1.29 is 19.1 Å². The maximum Gasteiger partial charge on any atom is 0.268 e. The van der Waals surface area contributed by atoms with E-state index in [2.05, 4.69) is 9.88 Å². The number of pyridine rings is 1. The van der Waals surface area contributed by atoms with Crippen LogP contribution in [0.1, 0.15) is 18.1 Å². The summed E-state index contributed by atoms with van der Waals surface area (Å²) in [6.45, 7) is 8.64. The van der Waals surface area contributed by atoms with Crippen molar-refractivity contribution in [1.29, 1.82) is 0 Å². The van der Waals surface area contributed by atoms with Gasteiger partial charge in [-0.15, -0.1) is 0 Å². The highest BCUT2D eigenvalue weighted by atomic mass is 16.5. The smallest absolute Gasteiger partial charge is 0.268 e. The van der Waals surface area contributed by atoms with Crippen molar-refractivity contribution in [1.82, 2.24) is 14.8 Å². The molecule has 0 radical (unpaired) electrons. The molecule has 0 aliphatic carbocycles. The lowest BCUT2D eigenvalue weighted by Gasteiger charge is -2.35. The molecule has 4 rings (SSSR count). The third kappa shape index (κ3) is 5.26. The summed E-state index contributed by atoms with van der Waals surface area (Å²) in [5.74, 6) is 0.336. The van der Waals surface area contributed by atoms with Crippen molar-refractivity contribution in [2.75, 3.05) is 50.8 Å². The predicted molar refractivity (Wildman–Crippen MR) is 121 cm³/mol. The van der Waals surface area contributed by atoms with Crippen molar-refractivity contribution >= 4 is 17.5 Å². The maximum absolute atomic E-state index is 13.5. The number of fused-ring (bicyclic) bond motifs is 1. The summed E-state index contributed by atoms with van der Waals surface area (Å²) >= 11 is 0. The maximum atomic E-state index is 13.5. The van der Waals surface area contributed by atoms with Crippen LogP contribution in [0.2, 0.25) is 0 Å². The Balaban J connectivity index is 1.52. The molecule has 2 amide bonds. The molecule has 0 N–H and O–H groups in total. The number of benzene rings is 1. The van der Waals surface area contributed by atoms with E-state index in [4.69, 9.17) is 9.47 Å². The van der Waals surface area contributed by atoms with Crippen molar-refractivity contribution in [2.24, 2.45) is 0 Å². The fourth-order valence-corrected chi connectivity index (χ4v) is 4.00. The first-order chi connectivity index (χ1) is 15.5. The molecule has 1 fully saturated rings. The Bertz CT molecular complexity index is 946. The van der Waals surface area contributed by atoms with E-state index in [0.29, 0.717) is 37.7 Å². The summed E-state index contributed by atoms with van der Waals surface area (Å²) in [5.41, 5.74) is 2.67. The minimum atomic E-state index is -0.625. The lowest BCUT2D eigenvalue weighted by molar-refractivity contribution is -0.133. The van der Waals surface area contributed by atoms with Crippen LogP contribution < -0.4 is 9.64 Å². The van der Waals surface area contributed by atoms with E-state index >= 15 is 0 Å². The normalized spacial score (nSPS) is 18.8. The monoisotopic (exact) mass is 438 g/mol. The molecule has 0 saturated carbocycles. The van der Waals surface area contributed by atoms with Crippen molar-refractivity contribution in [3.63, 3.8) is 0 Å². The van der Waals surface area contributed by atoms with Crippen molar-refractivity contribution in [3.8, 4) is 5.75 Å². The molecule has 1 aromatic heterocycles. The van der Waals surface area contributed by atoms with Gasteiger partial charge in [-0.05, 0) is 49.2 Å². The number of hydrogen-bond acceptors (Lipinski definition) is 6. The van der Waals surface area contributed by atoms with Gasteiger partial charge in [0.15, 0.2) is 6.10 Å². The second-order valence-corrected chi connectivity index (χ2v) is 8.28. The number of morpholine rings is 1. The third-order valence-electron chi connectivity index (χ3n) is 5.88. The highest BCUT2D eigenvalue weighted by molar-refractivity contribution is 6.03. The van der Waals surface area contributed by atoms with Gasteiger partial charge >= 0.3 is 0 Å². The second-order valence-electron chi connectivity index (χ2n) is 8.28. The second kappa shape index (κ2) is 10.1. The summed E-state index contributed by atoms with van der Waals surface area (Å²) in [5, 5.41) is 0. The number of carbonyl (C=O) groups excluding carboxylic acids is 2. The van der Waals surface area contributed by atoms with Crippen LogP contribution in [0.15, 0.2) is 42.7 Å². The number of nitrogens with zero attached hydrogens (tertiary/aromatic N) is 4. The lowest BCUT2D eigenvalue weighted by atomic mass is 10.1. The van der Waals surface area contributed by atoms with Gasteiger partial charge in [0.1, 0.15) is 12.3 Å². The van der Waals surface area contributed by atoms with Crippen LogP contribution in [-0.2, 0) is 20.9 Å². The molecule has 1 saturated heterocycles. The summed E-state index contributed by atoms with van der Waals surface area (Å²) in [6.07, 6.45) is 2.83. The highest BCUT2D eigenvalue weighted by Gasteiger charge is 2.34. The number of amides is 2. The number of aromatic nitrogens is 1. The molecule has 32 heavy (non-hydrogen) atoms. The Morgan fingerprint density at radius 2 is 1.94 bits per heavy atom.